The zero-order valence-corrected chi connectivity index (χ0v) is 12.2. The van der Waals surface area contributed by atoms with Crippen LogP contribution < -0.4 is 5.32 Å². The zero-order chi connectivity index (χ0) is 13.4. The van der Waals surface area contributed by atoms with Crippen LogP contribution in [0.3, 0.4) is 0 Å². The predicted molar refractivity (Wildman–Crippen MR) is 76.2 cm³/mol. The minimum atomic E-state index is 0.0289. The monoisotopic (exact) mass is 324 g/mol. The number of benzene rings is 1. The standard InChI is InChI=1S/C14H17BrN2O2/c15-11-4-3-9(6-13(11)18)14(19)17-5-1-2-10-7-16-8-12(10)17/h3-4,6,10,12,16,18H,1-2,5,7-8H2. The Balaban J connectivity index is 1.84. The van der Waals surface area contributed by atoms with Gasteiger partial charge in [-0.25, -0.2) is 0 Å². The van der Waals surface area contributed by atoms with Crippen molar-refractivity contribution in [2.75, 3.05) is 19.6 Å². The summed E-state index contributed by atoms with van der Waals surface area (Å²) < 4.78 is 0.614. The second-order valence-electron chi connectivity index (χ2n) is 5.29. The highest BCUT2D eigenvalue weighted by Gasteiger charge is 2.37. The predicted octanol–water partition coefficient (Wildman–Crippen LogP) is 1.98. The first-order chi connectivity index (χ1) is 9.16. The smallest absolute Gasteiger partial charge is 0.254 e. The Labute approximate surface area is 120 Å². The van der Waals surface area contributed by atoms with Crippen LogP contribution in [0.1, 0.15) is 23.2 Å². The van der Waals surface area contributed by atoms with Crippen molar-refractivity contribution < 1.29 is 9.90 Å². The van der Waals surface area contributed by atoms with Crippen LogP contribution in [0.15, 0.2) is 22.7 Å². The molecule has 0 spiro atoms. The molecule has 0 aromatic heterocycles. The number of hydrogen-bond donors (Lipinski definition) is 2. The zero-order valence-electron chi connectivity index (χ0n) is 10.6. The number of carbonyl (C=O) groups excluding carboxylic acids is 1. The van der Waals surface area contributed by atoms with Gasteiger partial charge in [-0.3, -0.25) is 4.79 Å². The molecule has 2 fully saturated rings. The van der Waals surface area contributed by atoms with Crippen molar-refractivity contribution in [1.82, 2.24) is 10.2 Å². The van der Waals surface area contributed by atoms with Gasteiger partial charge >= 0.3 is 0 Å². The summed E-state index contributed by atoms with van der Waals surface area (Å²) in [6.07, 6.45) is 2.27. The van der Waals surface area contributed by atoms with Gasteiger partial charge in [0.25, 0.3) is 5.91 Å². The van der Waals surface area contributed by atoms with Gasteiger partial charge < -0.3 is 15.3 Å². The summed E-state index contributed by atoms with van der Waals surface area (Å²) in [6.45, 7) is 2.72. The molecular formula is C14H17BrN2O2. The van der Waals surface area contributed by atoms with Gasteiger partial charge in [-0.2, -0.15) is 0 Å². The number of rotatable bonds is 1. The highest BCUT2D eigenvalue weighted by Crippen LogP contribution is 2.29. The van der Waals surface area contributed by atoms with E-state index in [0.717, 1.165) is 26.1 Å². The second-order valence-corrected chi connectivity index (χ2v) is 6.15. The molecule has 102 valence electrons. The molecule has 0 bridgehead atoms. The minimum Gasteiger partial charge on any atom is -0.507 e. The number of piperidine rings is 1. The van der Waals surface area contributed by atoms with Crippen molar-refractivity contribution in [3.63, 3.8) is 0 Å². The van der Waals surface area contributed by atoms with Crippen molar-refractivity contribution in [1.29, 1.82) is 0 Å². The number of phenols is 1. The van der Waals surface area contributed by atoms with Gasteiger partial charge in [0.15, 0.2) is 0 Å². The summed E-state index contributed by atoms with van der Waals surface area (Å²) in [4.78, 5) is 14.5. The highest BCUT2D eigenvalue weighted by atomic mass is 79.9. The number of likely N-dealkylation sites (tertiary alicyclic amines) is 1. The van der Waals surface area contributed by atoms with Crippen LogP contribution in [0.25, 0.3) is 0 Å². The summed E-state index contributed by atoms with van der Waals surface area (Å²) >= 11 is 3.23. The molecule has 1 aromatic carbocycles. The van der Waals surface area contributed by atoms with E-state index in [1.165, 1.54) is 6.42 Å². The van der Waals surface area contributed by atoms with Crippen molar-refractivity contribution in [2.24, 2.45) is 5.92 Å². The van der Waals surface area contributed by atoms with Crippen LogP contribution in [0, 0.1) is 5.92 Å². The summed E-state index contributed by atoms with van der Waals surface area (Å²) in [5, 5.41) is 13.1. The number of hydrogen-bond acceptors (Lipinski definition) is 3. The maximum absolute atomic E-state index is 12.6. The lowest BCUT2D eigenvalue weighted by molar-refractivity contribution is 0.0574. The third-order valence-corrected chi connectivity index (χ3v) is 4.80. The van der Waals surface area contributed by atoms with E-state index >= 15 is 0 Å². The maximum Gasteiger partial charge on any atom is 0.254 e. The molecule has 0 aliphatic carbocycles. The molecule has 1 aromatic rings. The number of phenolic OH excluding ortho intramolecular Hbond substituents is 1. The number of carbonyl (C=O) groups is 1. The van der Waals surface area contributed by atoms with Crippen LogP contribution >= 0.6 is 15.9 Å². The normalized spacial score (nSPS) is 26.3. The van der Waals surface area contributed by atoms with Crippen LogP contribution in [0.2, 0.25) is 0 Å². The average Bonchev–Trinajstić information content (AvgIpc) is 2.89. The lowest BCUT2D eigenvalue weighted by Crippen LogP contribution is -2.48. The van der Waals surface area contributed by atoms with Crippen molar-refractivity contribution in [2.45, 2.75) is 18.9 Å². The topological polar surface area (TPSA) is 52.6 Å². The van der Waals surface area contributed by atoms with E-state index < -0.39 is 0 Å². The molecule has 5 heteroatoms. The van der Waals surface area contributed by atoms with Crippen LogP contribution in [-0.2, 0) is 0 Å². The quantitative estimate of drug-likeness (QED) is 0.830. The first-order valence-corrected chi connectivity index (χ1v) is 7.46. The number of fused-ring (bicyclic) bond motifs is 1. The third-order valence-electron chi connectivity index (χ3n) is 4.13. The molecule has 2 unspecified atom stereocenters. The molecule has 1 amide bonds. The van der Waals surface area contributed by atoms with Crippen molar-refractivity contribution in [3.05, 3.63) is 28.2 Å². The van der Waals surface area contributed by atoms with E-state index in [0.29, 0.717) is 22.0 Å². The van der Waals surface area contributed by atoms with E-state index in [2.05, 4.69) is 21.2 Å². The largest absolute Gasteiger partial charge is 0.507 e. The molecule has 19 heavy (non-hydrogen) atoms. The third kappa shape index (κ3) is 2.37. The first kappa shape index (κ1) is 12.9. The Hall–Kier alpha value is -1.07. The summed E-state index contributed by atoms with van der Waals surface area (Å²) in [6, 6.07) is 5.33. The number of amides is 1. The fourth-order valence-corrected chi connectivity index (χ4v) is 3.38. The lowest BCUT2D eigenvalue weighted by atomic mass is 9.91. The Kier molecular flexibility index (Phi) is 3.50. The molecule has 3 rings (SSSR count). The van der Waals surface area contributed by atoms with Gasteiger partial charge in [-0.05, 0) is 52.9 Å². The van der Waals surface area contributed by atoms with Gasteiger partial charge in [-0.1, -0.05) is 0 Å². The molecule has 2 aliphatic rings. The maximum atomic E-state index is 12.6. The number of nitrogens with zero attached hydrogens (tertiary/aromatic N) is 1. The fraction of sp³-hybridized carbons (Fsp3) is 0.500. The van der Waals surface area contributed by atoms with Gasteiger partial charge in [0.05, 0.1) is 4.47 Å². The summed E-state index contributed by atoms with van der Waals surface area (Å²) in [5.74, 6) is 0.729. The Morgan fingerprint density at radius 2 is 2.26 bits per heavy atom. The molecule has 2 atom stereocenters. The molecule has 0 radical (unpaired) electrons. The Bertz CT molecular complexity index is 506. The van der Waals surface area contributed by atoms with Crippen molar-refractivity contribution in [3.8, 4) is 5.75 Å². The Morgan fingerprint density at radius 3 is 3.05 bits per heavy atom. The summed E-state index contributed by atoms with van der Waals surface area (Å²) in [5.41, 5.74) is 0.563. The molecule has 2 saturated heterocycles. The van der Waals surface area contributed by atoms with E-state index in [1.54, 1.807) is 18.2 Å². The number of aromatic hydroxyl groups is 1. The Morgan fingerprint density at radius 1 is 1.42 bits per heavy atom. The molecule has 0 saturated carbocycles. The lowest BCUT2D eigenvalue weighted by Gasteiger charge is -2.37. The molecule has 2 N–H and O–H groups in total. The van der Waals surface area contributed by atoms with E-state index in [-0.39, 0.29) is 11.7 Å². The van der Waals surface area contributed by atoms with E-state index in [9.17, 15) is 9.90 Å². The number of halogens is 1. The van der Waals surface area contributed by atoms with Gasteiger partial charge in [0.2, 0.25) is 0 Å². The van der Waals surface area contributed by atoms with Gasteiger partial charge in [0.1, 0.15) is 5.75 Å². The minimum absolute atomic E-state index is 0.0289. The van der Waals surface area contributed by atoms with Crippen molar-refractivity contribution >= 4 is 21.8 Å². The number of nitrogens with one attached hydrogen (secondary N) is 1. The second kappa shape index (κ2) is 5.13. The van der Waals surface area contributed by atoms with Crippen LogP contribution in [0.5, 0.6) is 5.75 Å². The van der Waals surface area contributed by atoms with Crippen LogP contribution in [0.4, 0.5) is 0 Å². The highest BCUT2D eigenvalue weighted by molar-refractivity contribution is 9.10. The summed E-state index contributed by atoms with van der Waals surface area (Å²) in [7, 11) is 0. The molecule has 2 heterocycles. The molecule has 2 aliphatic heterocycles. The molecular weight excluding hydrogens is 308 g/mol. The SMILES string of the molecule is O=C(c1ccc(Br)c(O)c1)N1CCCC2CNCC21. The van der Waals surface area contributed by atoms with E-state index in [1.807, 2.05) is 4.90 Å². The first-order valence-electron chi connectivity index (χ1n) is 6.67. The van der Waals surface area contributed by atoms with Crippen LogP contribution in [-0.4, -0.2) is 41.6 Å². The fourth-order valence-electron chi connectivity index (χ4n) is 3.13. The van der Waals surface area contributed by atoms with Gasteiger partial charge in [-0.15, -0.1) is 0 Å². The van der Waals surface area contributed by atoms with E-state index in [4.69, 9.17) is 0 Å². The molecule has 4 nitrogen and oxygen atoms in total. The average molecular weight is 325 g/mol. The van der Waals surface area contributed by atoms with Gasteiger partial charge in [0, 0.05) is 31.2 Å².